The van der Waals surface area contributed by atoms with Crippen molar-refractivity contribution in [2.45, 2.75) is 72.6 Å². The van der Waals surface area contributed by atoms with Crippen molar-refractivity contribution in [3.8, 4) is 5.75 Å². The predicted octanol–water partition coefficient (Wildman–Crippen LogP) is 6.85. The third-order valence-electron chi connectivity index (χ3n) is 7.18. The summed E-state index contributed by atoms with van der Waals surface area (Å²) in [6, 6.07) is 22.2. The first-order chi connectivity index (χ1) is 18.6. The molecule has 0 bridgehead atoms. The third kappa shape index (κ3) is 6.34. The molecule has 6 nitrogen and oxygen atoms in total. The lowest BCUT2D eigenvalue weighted by Gasteiger charge is -2.32. The molecule has 4 aromatic rings. The summed E-state index contributed by atoms with van der Waals surface area (Å²) >= 11 is 0. The van der Waals surface area contributed by atoms with E-state index in [0.29, 0.717) is 12.4 Å². The van der Waals surface area contributed by atoms with Crippen LogP contribution in [0.1, 0.15) is 57.1 Å². The van der Waals surface area contributed by atoms with E-state index in [1.165, 1.54) is 5.56 Å². The SMILES string of the molecule is CCc1cccc(C)c1N(C(=O)Cn1c(COc2ccc(C(C)(C)C)cc2)nc2ccccc21)C(C)COC. The van der Waals surface area contributed by atoms with Gasteiger partial charge in [-0.1, -0.05) is 70.2 Å². The van der Waals surface area contributed by atoms with Gasteiger partial charge in [-0.05, 0) is 66.6 Å². The monoisotopic (exact) mass is 527 g/mol. The van der Waals surface area contributed by atoms with Crippen LogP contribution in [0, 0.1) is 6.92 Å². The number of para-hydroxylation sites is 3. The van der Waals surface area contributed by atoms with Crippen LogP contribution in [-0.2, 0) is 34.5 Å². The molecule has 4 rings (SSSR count). The number of aromatic nitrogens is 2. The molecule has 0 aliphatic heterocycles. The molecule has 0 aliphatic rings. The van der Waals surface area contributed by atoms with Crippen molar-refractivity contribution in [3.63, 3.8) is 0 Å². The maximum absolute atomic E-state index is 14.1. The maximum Gasteiger partial charge on any atom is 0.247 e. The van der Waals surface area contributed by atoms with Gasteiger partial charge in [-0.3, -0.25) is 4.79 Å². The van der Waals surface area contributed by atoms with Crippen molar-refractivity contribution in [3.05, 3.63) is 89.2 Å². The van der Waals surface area contributed by atoms with Crippen LogP contribution in [0.4, 0.5) is 5.69 Å². The zero-order chi connectivity index (χ0) is 28.2. The van der Waals surface area contributed by atoms with Crippen LogP contribution in [0.5, 0.6) is 5.75 Å². The molecular weight excluding hydrogens is 486 g/mol. The first kappa shape index (κ1) is 28.4. The van der Waals surface area contributed by atoms with Crippen molar-refractivity contribution in [2.24, 2.45) is 0 Å². The Labute approximate surface area is 232 Å². The van der Waals surface area contributed by atoms with E-state index in [1.54, 1.807) is 7.11 Å². The Balaban J connectivity index is 1.66. The molecule has 0 spiro atoms. The Hall–Kier alpha value is -3.64. The number of benzene rings is 3. The van der Waals surface area contributed by atoms with Crippen LogP contribution in [0.25, 0.3) is 11.0 Å². The number of carbonyl (C=O) groups is 1. The fraction of sp³-hybridized carbons (Fsp3) is 0.394. The van der Waals surface area contributed by atoms with Crippen molar-refractivity contribution in [1.29, 1.82) is 0 Å². The molecule has 3 aromatic carbocycles. The van der Waals surface area contributed by atoms with E-state index in [2.05, 4.69) is 58.9 Å². The number of anilines is 1. The second-order valence-electron chi connectivity index (χ2n) is 11.2. The number of hydrogen-bond acceptors (Lipinski definition) is 4. The number of imidazole rings is 1. The molecule has 206 valence electrons. The van der Waals surface area contributed by atoms with Gasteiger partial charge in [0.25, 0.3) is 0 Å². The summed E-state index contributed by atoms with van der Waals surface area (Å²) in [5.41, 5.74) is 6.26. The number of fused-ring (bicyclic) bond motifs is 1. The van der Waals surface area contributed by atoms with Crippen LogP contribution in [0.15, 0.2) is 66.7 Å². The highest BCUT2D eigenvalue weighted by molar-refractivity contribution is 5.96. The number of aryl methyl sites for hydroxylation is 2. The van der Waals surface area contributed by atoms with Gasteiger partial charge in [-0.2, -0.15) is 0 Å². The zero-order valence-electron chi connectivity index (χ0n) is 24.3. The Bertz CT molecular complexity index is 1420. The van der Waals surface area contributed by atoms with E-state index in [-0.39, 0.29) is 30.5 Å². The van der Waals surface area contributed by atoms with Crippen molar-refractivity contribution < 1.29 is 14.3 Å². The minimum Gasteiger partial charge on any atom is -0.486 e. The third-order valence-corrected chi connectivity index (χ3v) is 7.18. The smallest absolute Gasteiger partial charge is 0.247 e. The van der Waals surface area contributed by atoms with Gasteiger partial charge in [0.1, 0.15) is 24.7 Å². The van der Waals surface area contributed by atoms with Crippen LogP contribution < -0.4 is 9.64 Å². The first-order valence-corrected chi connectivity index (χ1v) is 13.7. The summed E-state index contributed by atoms with van der Waals surface area (Å²) in [6.45, 7) is 13.6. The fourth-order valence-corrected chi connectivity index (χ4v) is 5.08. The quantitative estimate of drug-likeness (QED) is 0.226. The molecule has 0 aliphatic carbocycles. The number of methoxy groups -OCH3 is 1. The van der Waals surface area contributed by atoms with E-state index < -0.39 is 0 Å². The molecule has 6 heteroatoms. The van der Waals surface area contributed by atoms with Gasteiger partial charge in [-0.25, -0.2) is 4.98 Å². The number of carbonyl (C=O) groups excluding carboxylic acids is 1. The predicted molar refractivity (Wildman–Crippen MR) is 159 cm³/mol. The summed E-state index contributed by atoms with van der Waals surface area (Å²) in [4.78, 5) is 20.9. The van der Waals surface area contributed by atoms with Crippen molar-refractivity contribution in [2.75, 3.05) is 18.6 Å². The number of amides is 1. The Morgan fingerprint density at radius 1 is 1.03 bits per heavy atom. The van der Waals surface area contributed by atoms with E-state index in [1.807, 2.05) is 58.9 Å². The van der Waals surface area contributed by atoms with Gasteiger partial charge >= 0.3 is 0 Å². The number of hydrogen-bond donors (Lipinski definition) is 0. The minimum absolute atomic E-state index is 0.0116. The summed E-state index contributed by atoms with van der Waals surface area (Å²) in [5.74, 6) is 1.47. The van der Waals surface area contributed by atoms with E-state index >= 15 is 0 Å². The Morgan fingerprint density at radius 3 is 2.41 bits per heavy atom. The lowest BCUT2D eigenvalue weighted by molar-refractivity contribution is -0.119. The highest BCUT2D eigenvalue weighted by Gasteiger charge is 2.27. The molecule has 0 fully saturated rings. The standard InChI is InChI=1S/C33H41N3O3/c1-8-25-13-11-12-23(2)32(25)36(24(3)21-38-7)31(37)20-35-29-15-10-9-14-28(29)34-30(35)22-39-27-18-16-26(17-19-27)33(4,5)6/h9-19,24H,8,20-22H2,1-7H3. The van der Waals surface area contributed by atoms with E-state index in [0.717, 1.165) is 40.0 Å². The Kier molecular flexibility index (Phi) is 8.76. The number of nitrogens with zero attached hydrogens (tertiary/aromatic N) is 3. The summed E-state index contributed by atoms with van der Waals surface area (Å²) in [5, 5.41) is 0. The Morgan fingerprint density at radius 2 is 1.74 bits per heavy atom. The van der Waals surface area contributed by atoms with Crippen LogP contribution in [0.3, 0.4) is 0 Å². The molecular formula is C33H41N3O3. The molecule has 1 heterocycles. The molecule has 1 atom stereocenters. The second-order valence-corrected chi connectivity index (χ2v) is 11.2. The lowest BCUT2D eigenvalue weighted by Crippen LogP contribution is -2.44. The van der Waals surface area contributed by atoms with Gasteiger partial charge in [-0.15, -0.1) is 0 Å². The molecule has 0 radical (unpaired) electrons. The fourth-order valence-electron chi connectivity index (χ4n) is 5.08. The highest BCUT2D eigenvalue weighted by atomic mass is 16.5. The normalized spacial score (nSPS) is 12.5. The minimum atomic E-state index is -0.135. The zero-order valence-corrected chi connectivity index (χ0v) is 24.3. The summed E-state index contributed by atoms with van der Waals surface area (Å²) in [7, 11) is 1.67. The van der Waals surface area contributed by atoms with E-state index in [4.69, 9.17) is 14.5 Å². The molecule has 0 N–H and O–H groups in total. The van der Waals surface area contributed by atoms with E-state index in [9.17, 15) is 4.79 Å². The molecule has 39 heavy (non-hydrogen) atoms. The topological polar surface area (TPSA) is 56.6 Å². The van der Waals surface area contributed by atoms with Gasteiger partial charge in [0.05, 0.1) is 29.4 Å². The highest BCUT2D eigenvalue weighted by Crippen LogP contribution is 2.29. The van der Waals surface area contributed by atoms with Crippen LogP contribution in [0.2, 0.25) is 0 Å². The largest absolute Gasteiger partial charge is 0.486 e. The number of ether oxygens (including phenoxy) is 2. The molecule has 1 unspecified atom stereocenters. The molecule has 1 amide bonds. The van der Waals surface area contributed by atoms with Crippen LogP contribution in [-0.4, -0.2) is 35.2 Å². The summed E-state index contributed by atoms with van der Waals surface area (Å²) < 4.78 is 13.6. The van der Waals surface area contributed by atoms with Gasteiger partial charge in [0, 0.05) is 7.11 Å². The summed E-state index contributed by atoms with van der Waals surface area (Å²) in [6.07, 6.45) is 0.835. The average Bonchev–Trinajstić information content (AvgIpc) is 3.25. The van der Waals surface area contributed by atoms with Gasteiger partial charge in [0.2, 0.25) is 5.91 Å². The molecule has 1 aromatic heterocycles. The van der Waals surface area contributed by atoms with Gasteiger partial charge < -0.3 is 18.9 Å². The average molecular weight is 528 g/mol. The maximum atomic E-state index is 14.1. The van der Waals surface area contributed by atoms with Crippen LogP contribution >= 0.6 is 0 Å². The lowest BCUT2D eigenvalue weighted by atomic mass is 9.87. The number of rotatable bonds is 10. The van der Waals surface area contributed by atoms with Crippen molar-refractivity contribution in [1.82, 2.24) is 9.55 Å². The van der Waals surface area contributed by atoms with Crippen molar-refractivity contribution >= 4 is 22.6 Å². The molecule has 0 saturated heterocycles. The van der Waals surface area contributed by atoms with Gasteiger partial charge in [0.15, 0.2) is 0 Å². The molecule has 0 saturated carbocycles. The first-order valence-electron chi connectivity index (χ1n) is 13.7. The second kappa shape index (κ2) is 12.0.